The summed E-state index contributed by atoms with van der Waals surface area (Å²) in [6, 6.07) is 6.44. The van der Waals surface area contributed by atoms with Gasteiger partial charge in [-0.25, -0.2) is 9.37 Å². The van der Waals surface area contributed by atoms with Crippen molar-refractivity contribution in [3.8, 4) is 0 Å². The van der Waals surface area contributed by atoms with Gasteiger partial charge in [0.05, 0.1) is 0 Å². The van der Waals surface area contributed by atoms with Gasteiger partial charge in [0.25, 0.3) is 0 Å². The zero-order chi connectivity index (χ0) is 16.4. The van der Waals surface area contributed by atoms with Crippen molar-refractivity contribution in [2.45, 2.75) is 26.2 Å². The molecule has 0 fully saturated rings. The van der Waals surface area contributed by atoms with Crippen LogP contribution in [0.15, 0.2) is 36.7 Å². The van der Waals surface area contributed by atoms with Crippen LogP contribution < -0.4 is 0 Å². The van der Waals surface area contributed by atoms with E-state index in [0.717, 1.165) is 26.3 Å². The highest BCUT2D eigenvalue weighted by Gasteiger charge is 2.25. The number of halogens is 1. The molecule has 0 spiro atoms. The first kappa shape index (κ1) is 13.9. The highest BCUT2D eigenvalue weighted by Crippen LogP contribution is 2.36. The normalized spacial score (nSPS) is 12.5. The first-order valence-electron chi connectivity index (χ1n) is 7.45. The Bertz CT molecular complexity index is 1080. The maximum atomic E-state index is 13.7. The average Bonchev–Trinajstić information content (AvgIpc) is 2.85. The molecule has 4 aromatic rings. The van der Waals surface area contributed by atoms with E-state index in [9.17, 15) is 9.60 Å². The summed E-state index contributed by atoms with van der Waals surface area (Å²) in [7, 11) is 0. The van der Waals surface area contributed by atoms with Gasteiger partial charge in [0, 0.05) is 34.0 Å². The van der Waals surface area contributed by atoms with Crippen molar-refractivity contribution in [2.75, 3.05) is 0 Å². The van der Waals surface area contributed by atoms with E-state index in [1.807, 2.05) is 26.8 Å². The van der Waals surface area contributed by atoms with E-state index in [2.05, 4.69) is 9.97 Å². The molecule has 116 valence electrons. The summed E-state index contributed by atoms with van der Waals surface area (Å²) < 4.78 is 14.9. The summed E-state index contributed by atoms with van der Waals surface area (Å²) in [5.41, 5.74) is 0.983. The molecule has 5 heteroatoms. The standard InChI is InChI=1S/C18H16FN3O/c1-18(2,3)17-21-15-11-5-4-10(19)8-13(11)14-9-20-7-6-12(14)16(15)22(17)23/h4-9,23H,1-3H3. The Morgan fingerprint density at radius 2 is 1.83 bits per heavy atom. The Balaban J connectivity index is 2.34. The van der Waals surface area contributed by atoms with Crippen LogP contribution in [0.4, 0.5) is 4.39 Å². The van der Waals surface area contributed by atoms with Gasteiger partial charge < -0.3 is 5.21 Å². The third-order valence-electron chi connectivity index (χ3n) is 4.13. The molecule has 0 amide bonds. The van der Waals surface area contributed by atoms with Crippen molar-refractivity contribution in [3.05, 3.63) is 48.3 Å². The largest absolute Gasteiger partial charge is 0.427 e. The van der Waals surface area contributed by atoms with Crippen LogP contribution in [-0.4, -0.2) is 19.9 Å². The van der Waals surface area contributed by atoms with Gasteiger partial charge in [0.2, 0.25) is 0 Å². The lowest BCUT2D eigenvalue weighted by Crippen LogP contribution is -2.17. The van der Waals surface area contributed by atoms with Gasteiger partial charge in [0.15, 0.2) is 5.82 Å². The predicted molar refractivity (Wildman–Crippen MR) is 88.4 cm³/mol. The molecule has 0 unspecified atom stereocenters. The predicted octanol–water partition coefficient (Wildman–Crippen LogP) is 4.41. The summed E-state index contributed by atoms with van der Waals surface area (Å²) in [6.07, 6.45) is 3.36. The molecule has 0 saturated heterocycles. The number of rotatable bonds is 0. The minimum absolute atomic E-state index is 0.304. The fourth-order valence-electron chi connectivity index (χ4n) is 3.09. The first-order valence-corrected chi connectivity index (χ1v) is 7.45. The van der Waals surface area contributed by atoms with Crippen molar-refractivity contribution in [2.24, 2.45) is 0 Å². The van der Waals surface area contributed by atoms with E-state index in [1.54, 1.807) is 18.5 Å². The Kier molecular flexibility index (Phi) is 2.67. The van der Waals surface area contributed by atoms with Gasteiger partial charge >= 0.3 is 0 Å². The highest BCUT2D eigenvalue weighted by atomic mass is 19.1. The topological polar surface area (TPSA) is 50.9 Å². The Labute approximate surface area is 132 Å². The van der Waals surface area contributed by atoms with Gasteiger partial charge in [-0.1, -0.05) is 20.8 Å². The van der Waals surface area contributed by atoms with Crippen LogP contribution in [0.5, 0.6) is 0 Å². The molecule has 0 saturated carbocycles. The highest BCUT2D eigenvalue weighted by molar-refractivity contribution is 6.23. The van der Waals surface area contributed by atoms with Gasteiger partial charge in [-0.3, -0.25) is 4.98 Å². The van der Waals surface area contributed by atoms with Crippen LogP contribution in [0.1, 0.15) is 26.6 Å². The monoisotopic (exact) mass is 309 g/mol. The van der Waals surface area contributed by atoms with Crippen LogP contribution in [0, 0.1) is 5.82 Å². The zero-order valence-corrected chi connectivity index (χ0v) is 13.1. The number of aromatic nitrogens is 3. The van der Waals surface area contributed by atoms with Crippen molar-refractivity contribution in [3.63, 3.8) is 0 Å². The molecule has 0 radical (unpaired) electrons. The third kappa shape index (κ3) is 1.89. The van der Waals surface area contributed by atoms with Gasteiger partial charge in [-0.05, 0) is 29.7 Å². The van der Waals surface area contributed by atoms with E-state index in [0.29, 0.717) is 16.9 Å². The molecular weight excluding hydrogens is 293 g/mol. The number of hydrogen-bond donors (Lipinski definition) is 1. The molecule has 23 heavy (non-hydrogen) atoms. The summed E-state index contributed by atoms with van der Waals surface area (Å²) in [6.45, 7) is 5.98. The number of benzene rings is 2. The fraction of sp³-hybridized carbons (Fsp3) is 0.222. The molecular formula is C18H16FN3O. The minimum Gasteiger partial charge on any atom is -0.427 e. The van der Waals surface area contributed by atoms with Crippen LogP contribution >= 0.6 is 0 Å². The average molecular weight is 309 g/mol. The summed E-state index contributed by atoms with van der Waals surface area (Å²) in [4.78, 5) is 8.81. The molecule has 0 bridgehead atoms. The van der Waals surface area contributed by atoms with Crippen molar-refractivity contribution in [1.29, 1.82) is 0 Å². The fourth-order valence-corrected chi connectivity index (χ4v) is 3.09. The number of fused-ring (bicyclic) bond motifs is 6. The molecule has 0 aliphatic rings. The molecule has 0 aliphatic heterocycles. The van der Waals surface area contributed by atoms with Gasteiger partial charge in [-0.15, -0.1) is 0 Å². The molecule has 0 aliphatic carbocycles. The first-order chi connectivity index (χ1) is 10.9. The number of nitrogens with zero attached hydrogens (tertiary/aromatic N) is 3. The summed E-state index contributed by atoms with van der Waals surface area (Å²) in [5, 5.41) is 13.9. The van der Waals surface area contributed by atoms with Crippen LogP contribution in [-0.2, 0) is 5.41 Å². The minimum atomic E-state index is -0.320. The smallest absolute Gasteiger partial charge is 0.151 e. The molecule has 4 nitrogen and oxygen atoms in total. The number of imidazole rings is 1. The molecule has 2 heterocycles. The number of pyridine rings is 1. The quantitative estimate of drug-likeness (QED) is 0.386. The second kappa shape index (κ2) is 4.41. The summed E-state index contributed by atoms with van der Waals surface area (Å²) >= 11 is 0. The van der Waals surface area contributed by atoms with Crippen LogP contribution in [0.3, 0.4) is 0 Å². The van der Waals surface area contributed by atoms with Gasteiger partial charge in [0.1, 0.15) is 16.9 Å². The lowest BCUT2D eigenvalue weighted by atomic mass is 9.96. The van der Waals surface area contributed by atoms with E-state index in [-0.39, 0.29) is 11.2 Å². The molecule has 2 aromatic carbocycles. The second-order valence-electron chi connectivity index (χ2n) is 6.81. The maximum Gasteiger partial charge on any atom is 0.151 e. The maximum absolute atomic E-state index is 13.7. The lowest BCUT2D eigenvalue weighted by molar-refractivity contribution is 0.176. The Morgan fingerprint density at radius 3 is 2.57 bits per heavy atom. The van der Waals surface area contributed by atoms with Crippen molar-refractivity contribution in [1.82, 2.24) is 14.7 Å². The Morgan fingerprint density at radius 1 is 1.04 bits per heavy atom. The molecule has 1 N–H and O–H groups in total. The van der Waals surface area contributed by atoms with Gasteiger partial charge in [-0.2, -0.15) is 4.73 Å². The van der Waals surface area contributed by atoms with E-state index in [4.69, 9.17) is 0 Å². The summed E-state index contributed by atoms with van der Waals surface area (Å²) in [5.74, 6) is 0.268. The van der Waals surface area contributed by atoms with E-state index >= 15 is 0 Å². The van der Waals surface area contributed by atoms with Crippen molar-refractivity contribution >= 4 is 32.6 Å². The molecule has 4 rings (SSSR count). The van der Waals surface area contributed by atoms with E-state index < -0.39 is 0 Å². The zero-order valence-electron chi connectivity index (χ0n) is 13.1. The third-order valence-corrected chi connectivity index (χ3v) is 4.13. The molecule has 2 aromatic heterocycles. The molecule has 0 atom stereocenters. The SMILES string of the molecule is CC(C)(C)c1nc2c3ccc(F)cc3c3cnccc3c2n1O. The van der Waals surface area contributed by atoms with Crippen molar-refractivity contribution < 1.29 is 9.60 Å². The lowest BCUT2D eigenvalue weighted by Gasteiger charge is -2.16. The van der Waals surface area contributed by atoms with E-state index in [1.165, 1.54) is 12.1 Å². The van der Waals surface area contributed by atoms with Crippen LogP contribution in [0.25, 0.3) is 32.6 Å². The van der Waals surface area contributed by atoms with Crippen LogP contribution in [0.2, 0.25) is 0 Å². The number of hydrogen-bond acceptors (Lipinski definition) is 3. The second-order valence-corrected chi connectivity index (χ2v) is 6.81. The Hall–Kier alpha value is -2.69.